The van der Waals surface area contributed by atoms with E-state index in [0.29, 0.717) is 11.7 Å². The molecule has 5 nitrogen and oxygen atoms in total. The molecule has 3 heterocycles. The Morgan fingerprint density at radius 3 is 2.68 bits per heavy atom. The van der Waals surface area contributed by atoms with Gasteiger partial charge in [0, 0.05) is 30.9 Å². The molecule has 22 heavy (non-hydrogen) atoms. The van der Waals surface area contributed by atoms with Crippen molar-refractivity contribution in [3.63, 3.8) is 0 Å². The lowest BCUT2D eigenvalue weighted by Gasteiger charge is -2.31. The van der Waals surface area contributed by atoms with E-state index >= 15 is 0 Å². The van der Waals surface area contributed by atoms with Gasteiger partial charge >= 0.3 is 0 Å². The Morgan fingerprint density at radius 2 is 2.09 bits per heavy atom. The second kappa shape index (κ2) is 6.22. The summed E-state index contributed by atoms with van der Waals surface area (Å²) in [6, 6.07) is 5.26. The molecule has 1 N–H and O–H groups in total. The van der Waals surface area contributed by atoms with E-state index in [4.69, 9.17) is 4.42 Å². The van der Waals surface area contributed by atoms with E-state index in [2.05, 4.69) is 4.98 Å². The molecule has 116 valence electrons. The highest BCUT2D eigenvalue weighted by Crippen LogP contribution is 2.23. The number of rotatable bonds is 3. The molecule has 1 amide bonds. The minimum Gasteiger partial charge on any atom is -0.459 e. The summed E-state index contributed by atoms with van der Waals surface area (Å²) in [6.45, 7) is 3.40. The summed E-state index contributed by atoms with van der Waals surface area (Å²) < 4.78 is 5.29. The number of likely N-dealkylation sites (tertiary alicyclic amines) is 1. The van der Waals surface area contributed by atoms with Gasteiger partial charge in [-0.2, -0.15) is 0 Å². The van der Waals surface area contributed by atoms with Crippen molar-refractivity contribution in [2.75, 3.05) is 13.1 Å². The average Bonchev–Trinajstić information content (AvgIpc) is 2.96. The van der Waals surface area contributed by atoms with Crippen LogP contribution in [0.2, 0.25) is 0 Å². The van der Waals surface area contributed by atoms with Crippen molar-refractivity contribution in [2.45, 2.75) is 26.2 Å². The Morgan fingerprint density at radius 1 is 1.32 bits per heavy atom. The predicted molar refractivity (Wildman–Crippen MR) is 82.8 cm³/mol. The molecule has 0 spiro atoms. The number of nitrogens with one attached hydrogen (secondary N) is 1. The van der Waals surface area contributed by atoms with Gasteiger partial charge in [-0.25, -0.2) is 0 Å². The van der Waals surface area contributed by atoms with Gasteiger partial charge in [-0.05, 0) is 43.7 Å². The Labute approximate surface area is 128 Å². The van der Waals surface area contributed by atoms with Crippen LogP contribution in [0.3, 0.4) is 0 Å². The summed E-state index contributed by atoms with van der Waals surface area (Å²) in [5.74, 6) is 0.997. The monoisotopic (exact) mass is 300 g/mol. The predicted octanol–water partition coefficient (Wildman–Crippen LogP) is 2.37. The molecule has 3 rings (SSSR count). The third-order valence-electron chi connectivity index (χ3n) is 4.33. The van der Waals surface area contributed by atoms with Crippen LogP contribution < -0.4 is 5.56 Å². The molecule has 2 aromatic rings. The number of carbonyl (C=O) groups excluding carboxylic acids is 1. The Bertz CT molecular complexity index is 688. The normalized spacial score (nSPS) is 16.0. The number of amides is 1. The van der Waals surface area contributed by atoms with Gasteiger partial charge in [-0.3, -0.25) is 9.59 Å². The maximum absolute atomic E-state index is 12.4. The zero-order valence-electron chi connectivity index (χ0n) is 12.7. The first-order valence-electron chi connectivity index (χ1n) is 7.64. The number of hydrogen-bond donors (Lipinski definition) is 1. The summed E-state index contributed by atoms with van der Waals surface area (Å²) in [6.07, 6.45) is 6.24. The highest BCUT2D eigenvalue weighted by molar-refractivity contribution is 5.92. The number of pyridine rings is 1. The molecule has 0 aliphatic carbocycles. The van der Waals surface area contributed by atoms with Crippen LogP contribution in [0.1, 0.15) is 34.5 Å². The van der Waals surface area contributed by atoms with Crippen LogP contribution in [0.15, 0.2) is 39.9 Å². The van der Waals surface area contributed by atoms with Crippen LogP contribution in [0.4, 0.5) is 0 Å². The van der Waals surface area contributed by atoms with Gasteiger partial charge in [0.05, 0.1) is 6.26 Å². The maximum Gasteiger partial charge on any atom is 0.289 e. The van der Waals surface area contributed by atoms with E-state index in [0.717, 1.165) is 43.5 Å². The average molecular weight is 300 g/mol. The largest absolute Gasteiger partial charge is 0.459 e. The fourth-order valence-corrected chi connectivity index (χ4v) is 2.98. The van der Waals surface area contributed by atoms with Crippen LogP contribution in [-0.4, -0.2) is 28.9 Å². The lowest BCUT2D eigenvalue weighted by Crippen LogP contribution is -2.39. The number of aromatic amines is 1. The van der Waals surface area contributed by atoms with Gasteiger partial charge in [0.15, 0.2) is 5.76 Å². The number of furan rings is 1. The molecular formula is C17H20N2O3. The zero-order valence-corrected chi connectivity index (χ0v) is 12.7. The Balaban J connectivity index is 1.56. The fraction of sp³-hybridized carbons (Fsp3) is 0.412. The summed E-state index contributed by atoms with van der Waals surface area (Å²) in [7, 11) is 0. The smallest absolute Gasteiger partial charge is 0.289 e. The topological polar surface area (TPSA) is 66.3 Å². The van der Waals surface area contributed by atoms with E-state index in [1.807, 2.05) is 24.0 Å². The number of hydrogen-bond acceptors (Lipinski definition) is 3. The van der Waals surface area contributed by atoms with E-state index in [-0.39, 0.29) is 11.5 Å². The van der Waals surface area contributed by atoms with Crippen LogP contribution >= 0.6 is 0 Å². The number of H-pyrrole nitrogens is 1. The van der Waals surface area contributed by atoms with Gasteiger partial charge in [0.25, 0.3) is 5.91 Å². The van der Waals surface area contributed by atoms with Crippen molar-refractivity contribution in [2.24, 2.45) is 5.92 Å². The van der Waals surface area contributed by atoms with Gasteiger partial charge in [-0.15, -0.1) is 0 Å². The summed E-state index contributed by atoms with van der Waals surface area (Å²) in [4.78, 5) is 28.0. The number of piperidine rings is 1. The molecule has 0 bridgehead atoms. The first kappa shape index (κ1) is 14.6. The first-order valence-corrected chi connectivity index (χ1v) is 7.64. The highest BCUT2D eigenvalue weighted by atomic mass is 16.3. The zero-order chi connectivity index (χ0) is 15.5. The molecule has 1 saturated heterocycles. The summed E-state index contributed by atoms with van der Waals surface area (Å²) >= 11 is 0. The number of nitrogens with zero attached hydrogens (tertiary/aromatic N) is 1. The van der Waals surface area contributed by atoms with Crippen LogP contribution in [0.25, 0.3) is 0 Å². The van der Waals surface area contributed by atoms with E-state index in [1.54, 1.807) is 18.5 Å². The van der Waals surface area contributed by atoms with Gasteiger partial charge in [0.2, 0.25) is 5.56 Å². The second-order valence-corrected chi connectivity index (χ2v) is 5.93. The standard InChI is InChI=1S/C17H20N2O3/c1-12-6-9-22-16(12)17(21)19-7-4-13(5-8-19)10-14-2-3-15(20)18-11-14/h2-3,6,9,11,13H,4-5,7-8,10H2,1H3,(H,18,20). The molecule has 1 aliphatic heterocycles. The lowest BCUT2D eigenvalue weighted by atomic mass is 9.90. The molecule has 0 saturated carbocycles. The van der Waals surface area contributed by atoms with Crippen molar-refractivity contribution in [1.29, 1.82) is 0 Å². The SMILES string of the molecule is Cc1ccoc1C(=O)N1CCC(Cc2ccc(=O)[nH]c2)CC1. The molecule has 1 aliphatic rings. The van der Waals surface area contributed by atoms with Gasteiger partial charge in [-0.1, -0.05) is 6.07 Å². The van der Waals surface area contributed by atoms with E-state index < -0.39 is 0 Å². The van der Waals surface area contributed by atoms with E-state index in [1.165, 1.54) is 0 Å². The number of aromatic nitrogens is 1. The second-order valence-electron chi connectivity index (χ2n) is 5.93. The van der Waals surface area contributed by atoms with Gasteiger partial charge in [0.1, 0.15) is 0 Å². The summed E-state index contributed by atoms with van der Waals surface area (Å²) in [5.41, 5.74) is 1.96. The van der Waals surface area contributed by atoms with Crippen molar-refractivity contribution in [1.82, 2.24) is 9.88 Å². The number of aryl methyl sites for hydroxylation is 1. The molecular weight excluding hydrogens is 280 g/mol. The fourth-order valence-electron chi connectivity index (χ4n) is 2.98. The molecule has 5 heteroatoms. The minimum absolute atomic E-state index is 0.00927. The minimum atomic E-state index is -0.0713. The van der Waals surface area contributed by atoms with Crippen molar-refractivity contribution in [3.8, 4) is 0 Å². The summed E-state index contributed by atoms with van der Waals surface area (Å²) in [5, 5.41) is 0. The van der Waals surface area contributed by atoms with Crippen molar-refractivity contribution < 1.29 is 9.21 Å². The van der Waals surface area contributed by atoms with Crippen LogP contribution in [-0.2, 0) is 6.42 Å². The maximum atomic E-state index is 12.4. The van der Waals surface area contributed by atoms with Crippen LogP contribution in [0.5, 0.6) is 0 Å². The molecule has 1 fully saturated rings. The van der Waals surface area contributed by atoms with Crippen molar-refractivity contribution >= 4 is 5.91 Å². The van der Waals surface area contributed by atoms with Crippen LogP contribution in [0, 0.1) is 12.8 Å². The number of carbonyl (C=O) groups is 1. The van der Waals surface area contributed by atoms with Gasteiger partial charge < -0.3 is 14.3 Å². The lowest BCUT2D eigenvalue weighted by molar-refractivity contribution is 0.0657. The third-order valence-corrected chi connectivity index (χ3v) is 4.33. The van der Waals surface area contributed by atoms with E-state index in [9.17, 15) is 9.59 Å². The molecule has 0 unspecified atom stereocenters. The Hall–Kier alpha value is -2.30. The first-order chi connectivity index (χ1) is 10.6. The quantitative estimate of drug-likeness (QED) is 0.946. The molecule has 0 aromatic carbocycles. The highest BCUT2D eigenvalue weighted by Gasteiger charge is 2.26. The molecule has 2 aromatic heterocycles. The molecule has 0 radical (unpaired) electrons. The third kappa shape index (κ3) is 3.13. The Kier molecular flexibility index (Phi) is 4.13. The molecule has 0 atom stereocenters. The van der Waals surface area contributed by atoms with Crippen molar-refractivity contribution in [3.05, 3.63) is 57.9 Å².